The van der Waals surface area contributed by atoms with Crippen molar-refractivity contribution in [2.75, 3.05) is 32.8 Å². The maximum Gasteiger partial charge on any atom is 0.409 e. The van der Waals surface area contributed by atoms with Gasteiger partial charge in [-0.2, -0.15) is 4.31 Å². The van der Waals surface area contributed by atoms with E-state index in [1.165, 1.54) is 9.21 Å². The molecular weight excluding hydrogens is 370 g/mol. The summed E-state index contributed by atoms with van der Waals surface area (Å²) < 4.78 is 37.5. The zero-order chi connectivity index (χ0) is 19.6. The summed E-state index contributed by atoms with van der Waals surface area (Å²) in [6.45, 7) is 6.74. The number of oxazole rings is 1. The van der Waals surface area contributed by atoms with Crippen LogP contribution in [0.4, 0.5) is 4.79 Å². The summed E-state index contributed by atoms with van der Waals surface area (Å²) in [7, 11) is -3.62. The Labute approximate surface area is 158 Å². The summed E-state index contributed by atoms with van der Waals surface area (Å²) in [6, 6.07) is 6.61. The second-order valence-electron chi connectivity index (χ2n) is 6.25. The van der Waals surface area contributed by atoms with E-state index in [1.54, 1.807) is 38.1 Å². The van der Waals surface area contributed by atoms with E-state index in [2.05, 4.69) is 4.98 Å². The topological polar surface area (TPSA) is 93.0 Å². The molecule has 2 aromatic rings. The monoisotopic (exact) mass is 393 g/mol. The van der Waals surface area contributed by atoms with Crippen molar-refractivity contribution in [1.29, 1.82) is 0 Å². The number of amides is 1. The summed E-state index contributed by atoms with van der Waals surface area (Å²) in [5.74, 6) is 1.26. The highest BCUT2D eigenvalue weighted by Crippen LogP contribution is 2.26. The van der Waals surface area contributed by atoms with Gasteiger partial charge in [0.15, 0.2) is 5.89 Å². The first kappa shape index (κ1) is 19.4. The van der Waals surface area contributed by atoms with Crippen LogP contribution in [0.1, 0.15) is 18.6 Å². The van der Waals surface area contributed by atoms with Crippen LogP contribution in [-0.4, -0.2) is 61.5 Å². The Morgan fingerprint density at radius 1 is 1.15 bits per heavy atom. The number of carbonyl (C=O) groups excluding carboxylic acids is 1. The minimum absolute atomic E-state index is 0.216. The molecule has 1 aromatic carbocycles. The second kappa shape index (κ2) is 7.69. The minimum atomic E-state index is -3.62. The molecule has 1 aliphatic rings. The molecule has 1 fully saturated rings. The molecule has 0 saturated carbocycles. The summed E-state index contributed by atoms with van der Waals surface area (Å²) in [4.78, 5) is 17.8. The highest BCUT2D eigenvalue weighted by atomic mass is 32.2. The molecule has 0 N–H and O–H groups in total. The van der Waals surface area contributed by atoms with E-state index in [1.807, 2.05) is 6.92 Å². The Morgan fingerprint density at radius 3 is 2.30 bits per heavy atom. The first-order valence-corrected chi connectivity index (χ1v) is 10.2. The van der Waals surface area contributed by atoms with Crippen molar-refractivity contribution in [3.63, 3.8) is 0 Å². The largest absolute Gasteiger partial charge is 0.450 e. The van der Waals surface area contributed by atoms with Crippen molar-refractivity contribution in [3.05, 3.63) is 35.9 Å². The van der Waals surface area contributed by atoms with E-state index >= 15 is 0 Å². The number of piperazine rings is 1. The van der Waals surface area contributed by atoms with Crippen LogP contribution < -0.4 is 0 Å². The van der Waals surface area contributed by atoms with Gasteiger partial charge in [-0.25, -0.2) is 18.2 Å². The van der Waals surface area contributed by atoms with Gasteiger partial charge >= 0.3 is 6.09 Å². The van der Waals surface area contributed by atoms with Gasteiger partial charge in [-0.1, -0.05) is 12.1 Å². The van der Waals surface area contributed by atoms with E-state index < -0.39 is 16.1 Å². The Morgan fingerprint density at radius 2 is 1.78 bits per heavy atom. The van der Waals surface area contributed by atoms with Gasteiger partial charge in [0.05, 0.1) is 11.5 Å². The molecular formula is C18H23N3O5S. The van der Waals surface area contributed by atoms with Crippen molar-refractivity contribution in [2.24, 2.45) is 0 Å². The lowest BCUT2D eigenvalue weighted by Gasteiger charge is -2.33. The van der Waals surface area contributed by atoms with Crippen LogP contribution in [0.2, 0.25) is 0 Å². The number of sulfonamides is 1. The number of hydrogen-bond acceptors (Lipinski definition) is 6. The Balaban J connectivity index is 1.72. The Kier molecular flexibility index (Phi) is 5.52. The van der Waals surface area contributed by atoms with Gasteiger partial charge in [-0.05, 0) is 26.0 Å². The molecule has 1 saturated heterocycles. The van der Waals surface area contributed by atoms with Gasteiger partial charge in [-0.3, -0.25) is 0 Å². The van der Waals surface area contributed by atoms with Crippen LogP contribution in [0.5, 0.6) is 0 Å². The lowest BCUT2D eigenvalue weighted by Crippen LogP contribution is -2.50. The maximum absolute atomic E-state index is 12.9. The average Bonchev–Trinajstić information content (AvgIpc) is 3.00. The van der Waals surface area contributed by atoms with Gasteiger partial charge in [0.2, 0.25) is 10.0 Å². The van der Waals surface area contributed by atoms with Crippen molar-refractivity contribution >= 4 is 16.1 Å². The number of ether oxygens (including phenoxy) is 1. The third-order valence-corrected chi connectivity index (χ3v) is 6.35. The minimum Gasteiger partial charge on any atom is -0.450 e. The molecule has 9 heteroatoms. The fourth-order valence-corrected chi connectivity index (χ4v) is 4.48. The number of carbonyl (C=O) groups is 1. The lowest BCUT2D eigenvalue weighted by atomic mass is 10.1. The normalized spacial score (nSPS) is 15.7. The molecule has 0 bridgehead atoms. The van der Waals surface area contributed by atoms with Crippen molar-refractivity contribution in [2.45, 2.75) is 25.7 Å². The smallest absolute Gasteiger partial charge is 0.409 e. The molecule has 146 valence electrons. The van der Waals surface area contributed by atoms with Gasteiger partial charge < -0.3 is 14.1 Å². The predicted molar refractivity (Wildman–Crippen MR) is 98.8 cm³/mol. The standard InChI is InChI=1S/C18H23N3O5S/c1-4-25-18(22)20-9-11-21(12-10-20)27(23,24)16-7-5-15(6-8-16)17-13(2)26-14(3)19-17/h5-8H,4,9-12H2,1-3H3. The lowest BCUT2D eigenvalue weighted by molar-refractivity contribution is 0.0934. The highest BCUT2D eigenvalue weighted by Gasteiger charge is 2.30. The van der Waals surface area contributed by atoms with Crippen molar-refractivity contribution in [1.82, 2.24) is 14.2 Å². The molecule has 27 heavy (non-hydrogen) atoms. The SMILES string of the molecule is CCOC(=O)N1CCN(S(=O)(=O)c2ccc(-c3nc(C)oc3C)cc2)CC1. The third-order valence-electron chi connectivity index (χ3n) is 4.43. The second-order valence-corrected chi connectivity index (χ2v) is 8.19. The van der Waals surface area contributed by atoms with Gasteiger partial charge in [0.25, 0.3) is 0 Å². The number of rotatable bonds is 4. The van der Waals surface area contributed by atoms with E-state index in [-0.39, 0.29) is 18.0 Å². The van der Waals surface area contributed by atoms with Crippen LogP contribution in [0.3, 0.4) is 0 Å². The molecule has 1 amide bonds. The molecule has 0 atom stereocenters. The Hall–Kier alpha value is -2.39. The third kappa shape index (κ3) is 3.98. The quantitative estimate of drug-likeness (QED) is 0.792. The average molecular weight is 393 g/mol. The molecule has 2 heterocycles. The van der Waals surface area contributed by atoms with Gasteiger partial charge in [0.1, 0.15) is 11.5 Å². The molecule has 0 spiro atoms. The molecule has 1 aliphatic heterocycles. The zero-order valence-corrected chi connectivity index (χ0v) is 16.5. The number of nitrogens with zero attached hydrogens (tertiary/aromatic N) is 3. The van der Waals surface area contributed by atoms with E-state index in [4.69, 9.17) is 9.15 Å². The van der Waals surface area contributed by atoms with E-state index in [0.717, 1.165) is 5.56 Å². The summed E-state index contributed by atoms with van der Waals surface area (Å²) in [6.07, 6.45) is -0.405. The number of benzene rings is 1. The maximum atomic E-state index is 12.9. The van der Waals surface area contributed by atoms with Gasteiger partial charge in [0, 0.05) is 38.7 Å². The van der Waals surface area contributed by atoms with Crippen molar-refractivity contribution < 1.29 is 22.4 Å². The summed E-state index contributed by atoms with van der Waals surface area (Å²) in [5, 5.41) is 0. The fourth-order valence-electron chi connectivity index (χ4n) is 3.06. The van der Waals surface area contributed by atoms with Crippen LogP contribution in [0.25, 0.3) is 11.3 Å². The van der Waals surface area contributed by atoms with Crippen LogP contribution in [-0.2, 0) is 14.8 Å². The van der Waals surface area contributed by atoms with Gasteiger partial charge in [-0.15, -0.1) is 0 Å². The predicted octanol–water partition coefficient (Wildman–Crippen LogP) is 2.42. The highest BCUT2D eigenvalue weighted by molar-refractivity contribution is 7.89. The molecule has 0 aliphatic carbocycles. The first-order chi connectivity index (χ1) is 12.8. The zero-order valence-electron chi connectivity index (χ0n) is 15.6. The number of aryl methyl sites for hydroxylation is 2. The molecule has 8 nitrogen and oxygen atoms in total. The van der Waals surface area contributed by atoms with E-state index in [0.29, 0.717) is 37.0 Å². The van der Waals surface area contributed by atoms with Crippen LogP contribution in [0.15, 0.2) is 33.6 Å². The number of hydrogen-bond donors (Lipinski definition) is 0. The van der Waals surface area contributed by atoms with E-state index in [9.17, 15) is 13.2 Å². The molecule has 0 unspecified atom stereocenters. The van der Waals surface area contributed by atoms with Crippen LogP contribution in [0, 0.1) is 13.8 Å². The summed E-state index contributed by atoms with van der Waals surface area (Å²) >= 11 is 0. The molecule has 1 aromatic heterocycles. The summed E-state index contributed by atoms with van der Waals surface area (Å²) in [5.41, 5.74) is 1.51. The fraction of sp³-hybridized carbons (Fsp3) is 0.444. The van der Waals surface area contributed by atoms with Crippen molar-refractivity contribution in [3.8, 4) is 11.3 Å². The molecule has 0 radical (unpaired) electrons. The molecule has 3 rings (SSSR count). The van der Waals surface area contributed by atoms with Crippen LogP contribution >= 0.6 is 0 Å². The Bertz CT molecular complexity index is 913. The number of aromatic nitrogens is 1. The first-order valence-electron chi connectivity index (χ1n) is 8.79.